The summed E-state index contributed by atoms with van der Waals surface area (Å²) in [5.74, 6) is 1.80. The average Bonchev–Trinajstić information content (AvgIpc) is 3.67. The molecule has 0 bridgehead atoms. The first-order valence-electron chi connectivity index (χ1n) is 18.6. The molecule has 0 unspecified atom stereocenters. The van der Waals surface area contributed by atoms with E-state index in [-0.39, 0.29) is 10.8 Å². The Morgan fingerprint density at radius 2 is 0.962 bits per heavy atom. The van der Waals surface area contributed by atoms with E-state index in [4.69, 9.17) is 15.0 Å². The maximum absolute atomic E-state index is 9.81. The molecule has 0 atom stereocenters. The van der Waals surface area contributed by atoms with Gasteiger partial charge in [-0.2, -0.15) is 5.26 Å². The summed E-state index contributed by atoms with van der Waals surface area (Å²) in [6.07, 6.45) is 2.27. The Labute approximate surface area is 310 Å². The van der Waals surface area contributed by atoms with E-state index in [1.54, 1.807) is 0 Å². The van der Waals surface area contributed by atoms with Gasteiger partial charge in [0, 0.05) is 16.7 Å². The average molecular weight is 683 g/mol. The van der Waals surface area contributed by atoms with Gasteiger partial charge in [-0.15, -0.1) is 0 Å². The Balaban J connectivity index is 1.25. The minimum Gasteiger partial charge on any atom is -0.208 e. The molecule has 53 heavy (non-hydrogen) atoms. The Hall–Kier alpha value is -6.18. The summed E-state index contributed by atoms with van der Waals surface area (Å²) >= 11 is 0. The minimum absolute atomic E-state index is 0.0346. The number of aromatic nitrogens is 3. The molecule has 254 valence electrons. The van der Waals surface area contributed by atoms with Crippen LogP contribution in [-0.2, 0) is 16.2 Å². The lowest BCUT2D eigenvalue weighted by Crippen LogP contribution is -2.33. The molecule has 10 rings (SSSR count). The Kier molecular flexibility index (Phi) is 6.64. The van der Waals surface area contributed by atoms with Gasteiger partial charge < -0.3 is 0 Å². The number of hydrogen-bond acceptors (Lipinski definition) is 4. The van der Waals surface area contributed by atoms with Crippen LogP contribution < -0.4 is 0 Å². The third kappa shape index (κ3) is 4.44. The Morgan fingerprint density at radius 3 is 1.62 bits per heavy atom. The van der Waals surface area contributed by atoms with Gasteiger partial charge >= 0.3 is 0 Å². The molecule has 1 aromatic heterocycles. The fraction of sp³-hybridized carbons (Fsp3) is 0.184. The van der Waals surface area contributed by atoms with E-state index in [9.17, 15) is 5.26 Å². The second kappa shape index (κ2) is 11.2. The van der Waals surface area contributed by atoms with Crippen molar-refractivity contribution in [2.75, 3.05) is 0 Å². The first kappa shape index (κ1) is 31.5. The molecule has 0 saturated carbocycles. The van der Waals surface area contributed by atoms with Gasteiger partial charge in [-0.25, -0.2) is 15.0 Å². The lowest BCUT2D eigenvalue weighted by molar-refractivity contribution is 0.332. The van der Waals surface area contributed by atoms with Crippen molar-refractivity contribution in [2.45, 2.75) is 56.8 Å². The van der Waals surface area contributed by atoms with Gasteiger partial charge in [-0.3, -0.25) is 0 Å². The highest BCUT2D eigenvalue weighted by Crippen LogP contribution is 2.63. The van der Waals surface area contributed by atoms with Crippen LogP contribution in [0.5, 0.6) is 0 Å². The van der Waals surface area contributed by atoms with Gasteiger partial charge in [0.05, 0.1) is 17.0 Å². The zero-order valence-corrected chi connectivity index (χ0v) is 30.4. The topological polar surface area (TPSA) is 62.5 Å². The molecule has 3 aliphatic rings. The quantitative estimate of drug-likeness (QED) is 0.186. The molecule has 6 aromatic carbocycles. The number of hydrogen-bond donors (Lipinski definition) is 0. The lowest BCUT2D eigenvalue weighted by Gasteiger charge is -2.42. The molecule has 1 spiro atoms. The molecule has 0 amide bonds. The summed E-state index contributed by atoms with van der Waals surface area (Å²) in [6, 6.07) is 49.9. The summed E-state index contributed by atoms with van der Waals surface area (Å²) in [6.45, 7) is 9.40. The smallest absolute Gasteiger partial charge is 0.164 e. The SMILES string of the molecule is CC1(C)CCC(C)(C)c2cc(-c3nc(-c4cccc(C#N)c4)nc(-c4cccc5c4-c4ccccc4C54c5ccccc5-c5ccccc54)n3)ccc21. The van der Waals surface area contributed by atoms with Gasteiger partial charge in [-0.1, -0.05) is 143 Å². The number of nitrogens with zero attached hydrogens (tertiary/aromatic N) is 4. The fourth-order valence-electron chi connectivity index (χ4n) is 9.54. The number of rotatable bonds is 3. The van der Waals surface area contributed by atoms with E-state index in [1.165, 1.54) is 50.1 Å². The van der Waals surface area contributed by atoms with Crippen LogP contribution in [0.2, 0.25) is 0 Å². The summed E-state index contributed by atoms with van der Waals surface area (Å²) < 4.78 is 0. The predicted octanol–water partition coefficient (Wildman–Crippen LogP) is 11.4. The third-order valence-corrected chi connectivity index (χ3v) is 12.3. The normalized spacial score (nSPS) is 16.2. The summed E-state index contributed by atoms with van der Waals surface area (Å²) in [5.41, 5.74) is 15.7. The molecule has 3 aliphatic carbocycles. The molecule has 0 radical (unpaired) electrons. The highest BCUT2D eigenvalue weighted by molar-refractivity contribution is 5.99. The molecule has 1 heterocycles. The van der Waals surface area contributed by atoms with Crippen LogP contribution in [-0.4, -0.2) is 15.0 Å². The Bertz CT molecular complexity index is 2660. The van der Waals surface area contributed by atoms with Crippen molar-refractivity contribution < 1.29 is 0 Å². The molecular weight excluding hydrogens is 645 g/mol. The molecule has 4 nitrogen and oxygen atoms in total. The van der Waals surface area contributed by atoms with Crippen molar-refractivity contribution in [3.05, 3.63) is 172 Å². The van der Waals surface area contributed by atoms with Gasteiger partial charge in [0.2, 0.25) is 0 Å². The van der Waals surface area contributed by atoms with Crippen LogP contribution in [0.3, 0.4) is 0 Å². The number of nitriles is 1. The maximum Gasteiger partial charge on any atom is 0.164 e. The maximum atomic E-state index is 9.81. The molecule has 0 aliphatic heterocycles. The number of fused-ring (bicyclic) bond motifs is 11. The first-order valence-corrected chi connectivity index (χ1v) is 18.6. The van der Waals surface area contributed by atoms with E-state index in [0.717, 1.165) is 35.1 Å². The zero-order valence-electron chi connectivity index (χ0n) is 30.4. The Morgan fingerprint density at radius 1 is 0.453 bits per heavy atom. The van der Waals surface area contributed by atoms with E-state index < -0.39 is 5.41 Å². The zero-order chi connectivity index (χ0) is 36.1. The van der Waals surface area contributed by atoms with Gasteiger partial charge in [0.1, 0.15) is 0 Å². The lowest BCUT2D eigenvalue weighted by atomic mass is 9.63. The largest absolute Gasteiger partial charge is 0.208 e. The van der Waals surface area contributed by atoms with Crippen LogP contribution >= 0.6 is 0 Å². The highest BCUT2D eigenvalue weighted by atomic mass is 15.0. The van der Waals surface area contributed by atoms with Crippen LogP contribution in [0.15, 0.2) is 133 Å². The molecule has 0 N–H and O–H groups in total. The van der Waals surface area contributed by atoms with Crippen LogP contribution in [0.4, 0.5) is 0 Å². The highest BCUT2D eigenvalue weighted by Gasteiger charge is 2.52. The second-order valence-electron chi connectivity index (χ2n) is 16.1. The first-order chi connectivity index (χ1) is 25.7. The van der Waals surface area contributed by atoms with Gasteiger partial charge in [0.15, 0.2) is 17.5 Å². The molecule has 4 heteroatoms. The van der Waals surface area contributed by atoms with E-state index in [2.05, 4.69) is 143 Å². The second-order valence-corrected chi connectivity index (χ2v) is 16.1. The monoisotopic (exact) mass is 682 g/mol. The molecule has 0 saturated heterocycles. The van der Waals surface area contributed by atoms with E-state index in [0.29, 0.717) is 23.0 Å². The van der Waals surface area contributed by atoms with Crippen molar-refractivity contribution in [1.82, 2.24) is 15.0 Å². The van der Waals surface area contributed by atoms with E-state index in [1.807, 2.05) is 24.3 Å². The van der Waals surface area contributed by atoms with Crippen molar-refractivity contribution in [3.63, 3.8) is 0 Å². The summed E-state index contributed by atoms with van der Waals surface area (Å²) in [5, 5.41) is 9.81. The fourth-order valence-corrected chi connectivity index (χ4v) is 9.54. The van der Waals surface area contributed by atoms with Crippen molar-refractivity contribution in [2.24, 2.45) is 0 Å². The molecule has 7 aromatic rings. The number of benzene rings is 6. The van der Waals surface area contributed by atoms with Crippen molar-refractivity contribution in [1.29, 1.82) is 5.26 Å². The van der Waals surface area contributed by atoms with Gasteiger partial charge in [-0.05, 0) is 97.5 Å². The summed E-state index contributed by atoms with van der Waals surface area (Å²) in [4.78, 5) is 15.7. The van der Waals surface area contributed by atoms with Crippen LogP contribution in [0, 0.1) is 11.3 Å². The molecule has 0 fully saturated rings. The van der Waals surface area contributed by atoms with Gasteiger partial charge in [0.25, 0.3) is 0 Å². The summed E-state index contributed by atoms with van der Waals surface area (Å²) in [7, 11) is 0. The predicted molar refractivity (Wildman–Crippen MR) is 212 cm³/mol. The van der Waals surface area contributed by atoms with Crippen molar-refractivity contribution >= 4 is 0 Å². The van der Waals surface area contributed by atoms with E-state index >= 15 is 0 Å². The third-order valence-electron chi connectivity index (χ3n) is 12.3. The van der Waals surface area contributed by atoms with Crippen molar-refractivity contribution in [3.8, 4) is 62.5 Å². The standard InChI is InChI=1S/C49H38N4/c1-47(2)25-26-48(3,4)42-28-32(23-24-40(42)47)45-51-44(31-14-11-13-30(27-31)29-50)52-46(53-45)36-18-12-22-41-43(36)35-17-7-10-21-39(35)49(41)37-19-8-5-15-33(37)34-16-6-9-20-38(34)49/h5-24,27-28H,25-26H2,1-4H3. The van der Waals surface area contributed by atoms with Crippen LogP contribution in [0.1, 0.15) is 79.5 Å². The minimum atomic E-state index is -0.466. The molecular formula is C49H38N4. The van der Waals surface area contributed by atoms with Crippen LogP contribution in [0.25, 0.3) is 56.4 Å².